The number of benzene rings is 3. The molecule has 0 saturated heterocycles. The van der Waals surface area contributed by atoms with Gasteiger partial charge in [0.1, 0.15) is 22.1 Å². The van der Waals surface area contributed by atoms with Crippen LogP contribution in [0.3, 0.4) is 0 Å². The Hall–Kier alpha value is -3.12. The lowest BCUT2D eigenvalue weighted by Crippen LogP contribution is -2.50. The van der Waals surface area contributed by atoms with Crippen LogP contribution in [0, 0.1) is 23.2 Å². The van der Waals surface area contributed by atoms with E-state index in [0.717, 1.165) is 33.9 Å². The van der Waals surface area contributed by atoms with Gasteiger partial charge in [-0.25, -0.2) is 0 Å². The number of rotatable bonds is 8. The molecular weight excluding hydrogens is 496 g/mol. The van der Waals surface area contributed by atoms with Gasteiger partial charge in [0.2, 0.25) is 0 Å². The molecule has 0 aliphatic heterocycles. The molecule has 4 fully saturated rings. The molecular formula is C32H36O5S. The number of carbonyl (C=O) groups is 1. The Labute approximate surface area is 227 Å². The van der Waals surface area contributed by atoms with Gasteiger partial charge in [-0.1, -0.05) is 36.4 Å². The third-order valence-electron chi connectivity index (χ3n) is 8.78. The van der Waals surface area contributed by atoms with Crippen molar-refractivity contribution in [3.8, 4) is 17.2 Å². The van der Waals surface area contributed by atoms with Crippen LogP contribution in [0.25, 0.3) is 0 Å². The van der Waals surface area contributed by atoms with E-state index in [2.05, 4.69) is 24.3 Å². The molecule has 5 nitrogen and oxygen atoms in total. The molecule has 0 aromatic heterocycles. The summed E-state index contributed by atoms with van der Waals surface area (Å²) in [5.41, 5.74) is -0.413. The second kappa shape index (κ2) is 9.88. The molecule has 0 atom stereocenters. The minimum atomic E-state index is -2.59. The average molecular weight is 533 g/mol. The molecule has 3 aromatic rings. The van der Waals surface area contributed by atoms with Crippen LogP contribution in [0.5, 0.6) is 17.2 Å². The Balaban J connectivity index is 1.59. The molecule has 0 spiro atoms. The zero-order chi connectivity index (χ0) is 26.3. The highest BCUT2D eigenvalue weighted by atomic mass is 32.3. The van der Waals surface area contributed by atoms with Gasteiger partial charge in [0.15, 0.2) is 0 Å². The minimum Gasteiger partial charge on any atom is -0.496 e. The maximum absolute atomic E-state index is 14.6. The fourth-order valence-corrected chi connectivity index (χ4v) is 10.9. The SMILES string of the molecule is COc1cc(OC)c(S(OC(=O)C23CC4CC(CC(C4)C2)C3)(c2ccccc2)c2ccccc2)c(OC)c1. The Kier molecular flexibility index (Phi) is 6.55. The van der Waals surface area contributed by atoms with E-state index >= 15 is 0 Å². The summed E-state index contributed by atoms with van der Waals surface area (Å²) in [4.78, 5) is 17.2. The quantitative estimate of drug-likeness (QED) is 0.298. The fraction of sp³-hybridized carbons (Fsp3) is 0.406. The van der Waals surface area contributed by atoms with Crippen molar-refractivity contribution in [3.63, 3.8) is 0 Å². The van der Waals surface area contributed by atoms with Crippen molar-refractivity contribution in [2.75, 3.05) is 21.3 Å². The smallest absolute Gasteiger partial charge is 0.323 e. The maximum Gasteiger partial charge on any atom is 0.323 e. The molecule has 200 valence electrons. The molecule has 4 saturated carbocycles. The van der Waals surface area contributed by atoms with E-state index in [1.165, 1.54) is 19.3 Å². The molecule has 4 aliphatic carbocycles. The number of carbonyl (C=O) groups excluding carboxylic acids is 1. The number of hydrogen-bond acceptors (Lipinski definition) is 5. The van der Waals surface area contributed by atoms with E-state index in [4.69, 9.17) is 18.4 Å². The van der Waals surface area contributed by atoms with Gasteiger partial charge in [0.25, 0.3) is 0 Å². The van der Waals surface area contributed by atoms with Gasteiger partial charge in [-0.15, -0.1) is 0 Å². The van der Waals surface area contributed by atoms with Crippen molar-refractivity contribution in [1.29, 1.82) is 0 Å². The van der Waals surface area contributed by atoms with Crippen LogP contribution in [0.15, 0.2) is 87.5 Å². The standard InChI is InChI=1S/C32H36O5S/c1-34-25-17-28(35-2)30(29(18-25)36-3)38(26-10-6-4-7-11-26,27-12-8-5-9-13-27)37-31(33)32-19-22-14-23(20-32)16-24(15-22)21-32/h4-13,17-18,22-24H,14-16,19-21H2,1-3H3. The van der Waals surface area contributed by atoms with Crippen molar-refractivity contribution in [3.05, 3.63) is 72.8 Å². The Morgan fingerprint density at radius 1 is 0.711 bits per heavy atom. The van der Waals surface area contributed by atoms with Crippen LogP contribution in [-0.4, -0.2) is 27.3 Å². The number of hydrogen-bond donors (Lipinski definition) is 0. The van der Waals surface area contributed by atoms with Gasteiger partial charge in [-0.2, -0.15) is 0 Å². The topological polar surface area (TPSA) is 54.0 Å². The van der Waals surface area contributed by atoms with Crippen LogP contribution in [0.2, 0.25) is 0 Å². The van der Waals surface area contributed by atoms with Gasteiger partial charge in [-0.3, -0.25) is 4.79 Å². The highest BCUT2D eigenvalue weighted by Gasteiger charge is 2.57. The fourth-order valence-electron chi connectivity index (χ4n) is 7.55. The van der Waals surface area contributed by atoms with Crippen molar-refractivity contribution >= 4 is 16.3 Å². The van der Waals surface area contributed by atoms with E-state index in [0.29, 0.717) is 35.0 Å². The third-order valence-corrected chi connectivity index (χ3v) is 12.0. The summed E-state index contributed by atoms with van der Waals surface area (Å²) in [6.45, 7) is 0. The van der Waals surface area contributed by atoms with Crippen LogP contribution < -0.4 is 14.2 Å². The molecule has 7 rings (SSSR count). The molecule has 38 heavy (non-hydrogen) atoms. The van der Waals surface area contributed by atoms with Gasteiger partial charge >= 0.3 is 5.97 Å². The lowest BCUT2D eigenvalue weighted by molar-refractivity contribution is -0.160. The van der Waals surface area contributed by atoms with E-state index in [1.54, 1.807) is 21.3 Å². The number of ether oxygens (including phenoxy) is 3. The summed E-state index contributed by atoms with van der Waals surface area (Å²) in [5.74, 6) is 3.60. The first-order chi connectivity index (χ1) is 18.5. The molecule has 0 radical (unpaired) electrons. The second-order valence-electron chi connectivity index (χ2n) is 11.1. The Morgan fingerprint density at radius 3 is 1.55 bits per heavy atom. The highest BCUT2D eigenvalue weighted by Crippen LogP contribution is 2.75. The van der Waals surface area contributed by atoms with Crippen LogP contribution in [-0.2, 0) is 8.98 Å². The largest absolute Gasteiger partial charge is 0.496 e. The summed E-state index contributed by atoms with van der Waals surface area (Å²) >= 11 is 0. The lowest BCUT2D eigenvalue weighted by Gasteiger charge is -2.56. The zero-order valence-corrected chi connectivity index (χ0v) is 23.2. The Bertz CT molecular complexity index is 1210. The van der Waals surface area contributed by atoms with Crippen LogP contribution in [0.1, 0.15) is 38.5 Å². The second-order valence-corrected chi connectivity index (χ2v) is 13.7. The summed E-state index contributed by atoms with van der Waals surface area (Å²) in [6.07, 6.45) is 6.61. The molecule has 0 heterocycles. The van der Waals surface area contributed by atoms with Crippen molar-refractivity contribution in [2.24, 2.45) is 23.2 Å². The maximum atomic E-state index is 14.6. The molecule has 3 aromatic carbocycles. The van der Waals surface area contributed by atoms with E-state index in [1.807, 2.05) is 48.5 Å². The monoisotopic (exact) mass is 532 g/mol. The average Bonchev–Trinajstić information content (AvgIpc) is 2.95. The zero-order valence-electron chi connectivity index (χ0n) is 22.4. The Morgan fingerprint density at radius 2 is 1.16 bits per heavy atom. The van der Waals surface area contributed by atoms with Gasteiger partial charge in [0, 0.05) is 32.2 Å². The van der Waals surface area contributed by atoms with Crippen molar-refractivity contribution < 1.29 is 23.2 Å². The third kappa shape index (κ3) is 4.05. The summed E-state index contributed by atoms with van der Waals surface area (Å²) in [7, 11) is 2.30. The molecule has 6 heteroatoms. The number of methoxy groups -OCH3 is 3. The lowest BCUT2D eigenvalue weighted by atomic mass is 9.49. The molecule has 0 N–H and O–H groups in total. The van der Waals surface area contributed by atoms with Gasteiger partial charge in [0.05, 0.1) is 26.7 Å². The molecule has 4 bridgehead atoms. The van der Waals surface area contributed by atoms with E-state index in [-0.39, 0.29) is 5.97 Å². The predicted octanol–water partition coefficient (Wildman–Crippen LogP) is 7.67. The van der Waals surface area contributed by atoms with E-state index < -0.39 is 15.7 Å². The first kappa shape index (κ1) is 25.2. The molecule has 4 aliphatic rings. The van der Waals surface area contributed by atoms with Crippen molar-refractivity contribution in [1.82, 2.24) is 0 Å². The van der Waals surface area contributed by atoms with Crippen molar-refractivity contribution in [2.45, 2.75) is 53.2 Å². The highest BCUT2D eigenvalue weighted by molar-refractivity contribution is 8.30. The van der Waals surface area contributed by atoms with Crippen LogP contribution in [0.4, 0.5) is 0 Å². The first-order valence-electron chi connectivity index (χ1n) is 13.5. The minimum absolute atomic E-state index is 0.0702. The van der Waals surface area contributed by atoms with Crippen LogP contribution >= 0.6 is 10.3 Å². The first-order valence-corrected chi connectivity index (χ1v) is 15.0. The summed E-state index contributed by atoms with van der Waals surface area (Å²) in [6, 6.07) is 23.9. The van der Waals surface area contributed by atoms with Gasteiger partial charge < -0.3 is 18.4 Å². The van der Waals surface area contributed by atoms with Gasteiger partial charge in [-0.05, 0) is 80.5 Å². The van der Waals surface area contributed by atoms with E-state index in [9.17, 15) is 4.79 Å². The predicted molar refractivity (Wildman–Crippen MR) is 148 cm³/mol. The summed E-state index contributed by atoms with van der Waals surface area (Å²) < 4.78 is 24.6. The molecule has 0 unspecified atom stereocenters. The normalized spacial score (nSPS) is 26.0. The molecule has 0 amide bonds. The summed E-state index contributed by atoms with van der Waals surface area (Å²) in [5, 5.41) is 0.